The Balaban J connectivity index is 2.36. The molecule has 106 valence electrons. The van der Waals surface area contributed by atoms with E-state index in [9.17, 15) is 13.9 Å². The van der Waals surface area contributed by atoms with Gasteiger partial charge in [-0.15, -0.1) is 0 Å². The lowest BCUT2D eigenvalue weighted by Gasteiger charge is -2.15. The predicted octanol–water partition coefficient (Wildman–Crippen LogP) is 3.75. The highest BCUT2D eigenvalue weighted by atomic mass is 19.1. The SMILES string of the molecule is CCOc1ccc(C(O)c2c(F)ccc(C)c2F)cc1. The number of halogens is 2. The van der Waals surface area contributed by atoms with Crippen LogP contribution in [-0.2, 0) is 0 Å². The topological polar surface area (TPSA) is 29.5 Å². The number of aryl methyl sites for hydroxylation is 1. The second-order valence-corrected chi connectivity index (χ2v) is 4.50. The summed E-state index contributed by atoms with van der Waals surface area (Å²) in [5.41, 5.74) is 0.386. The van der Waals surface area contributed by atoms with Crippen molar-refractivity contribution in [3.8, 4) is 5.75 Å². The maximum atomic E-state index is 14.0. The first-order valence-electron chi connectivity index (χ1n) is 6.40. The van der Waals surface area contributed by atoms with Gasteiger partial charge in [-0.25, -0.2) is 8.78 Å². The first-order valence-corrected chi connectivity index (χ1v) is 6.40. The van der Waals surface area contributed by atoms with E-state index in [0.717, 1.165) is 6.07 Å². The van der Waals surface area contributed by atoms with Crippen molar-refractivity contribution in [2.45, 2.75) is 20.0 Å². The van der Waals surface area contributed by atoms with Crippen LogP contribution in [0.15, 0.2) is 36.4 Å². The summed E-state index contributed by atoms with van der Waals surface area (Å²) in [5.74, 6) is -0.825. The van der Waals surface area contributed by atoms with Gasteiger partial charge in [-0.05, 0) is 43.2 Å². The summed E-state index contributed by atoms with van der Waals surface area (Å²) < 4.78 is 33.0. The van der Waals surface area contributed by atoms with Gasteiger partial charge in [0, 0.05) is 0 Å². The van der Waals surface area contributed by atoms with Crippen LogP contribution in [0.5, 0.6) is 5.75 Å². The summed E-state index contributed by atoms with van der Waals surface area (Å²) in [4.78, 5) is 0. The molecule has 1 atom stereocenters. The Kier molecular flexibility index (Phi) is 4.35. The molecule has 1 N–H and O–H groups in total. The molecular formula is C16H16F2O2. The van der Waals surface area contributed by atoms with Crippen LogP contribution in [0.3, 0.4) is 0 Å². The van der Waals surface area contributed by atoms with Crippen molar-refractivity contribution in [3.05, 3.63) is 64.7 Å². The smallest absolute Gasteiger partial charge is 0.135 e. The Bertz CT molecular complexity index is 594. The minimum absolute atomic E-state index is 0.298. The Morgan fingerprint density at radius 3 is 2.35 bits per heavy atom. The van der Waals surface area contributed by atoms with E-state index in [1.54, 1.807) is 24.3 Å². The number of rotatable bonds is 4. The molecule has 1 unspecified atom stereocenters. The molecule has 20 heavy (non-hydrogen) atoms. The fourth-order valence-corrected chi connectivity index (χ4v) is 2.01. The molecule has 0 aliphatic carbocycles. The van der Waals surface area contributed by atoms with Crippen LogP contribution in [0.25, 0.3) is 0 Å². The van der Waals surface area contributed by atoms with E-state index in [2.05, 4.69) is 0 Å². The van der Waals surface area contributed by atoms with Crippen LogP contribution in [0, 0.1) is 18.6 Å². The van der Waals surface area contributed by atoms with Crippen molar-refractivity contribution in [1.29, 1.82) is 0 Å². The number of ether oxygens (including phenoxy) is 1. The summed E-state index contributed by atoms with van der Waals surface area (Å²) in [6, 6.07) is 9.01. The van der Waals surface area contributed by atoms with Crippen molar-refractivity contribution >= 4 is 0 Å². The van der Waals surface area contributed by atoms with E-state index in [1.165, 1.54) is 13.0 Å². The molecule has 0 aromatic heterocycles. The minimum atomic E-state index is -1.34. The van der Waals surface area contributed by atoms with Crippen molar-refractivity contribution in [2.75, 3.05) is 6.61 Å². The summed E-state index contributed by atoms with van der Waals surface area (Å²) in [5, 5.41) is 10.2. The Morgan fingerprint density at radius 2 is 1.75 bits per heavy atom. The molecule has 2 nitrogen and oxygen atoms in total. The Hall–Kier alpha value is -1.94. The fraction of sp³-hybridized carbons (Fsp3) is 0.250. The van der Waals surface area contributed by atoms with E-state index in [1.807, 2.05) is 6.92 Å². The van der Waals surface area contributed by atoms with Gasteiger partial charge < -0.3 is 9.84 Å². The highest BCUT2D eigenvalue weighted by Gasteiger charge is 2.21. The number of hydrogen-bond acceptors (Lipinski definition) is 2. The van der Waals surface area contributed by atoms with Crippen LogP contribution in [0.1, 0.15) is 29.7 Å². The van der Waals surface area contributed by atoms with Gasteiger partial charge in [0.05, 0.1) is 12.2 Å². The summed E-state index contributed by atoms with van der Waals surface area (Å²) in [7, 11) is 0. The maximum Gasteiger partial charge on any atom is 0.135 e. The van der Waals surface area contributed by atoms with Gasteiger partial charge >= 0.3 is 0 Å². The summed E-state index contributed by atoms with van der Waals surface area (Å²) in [6.45, 7) is 3.92. The van der Waals surface area contributed by atoms with E-state index >= 15 is 0 Å². The van der Waals surface area contributed by atoms with Gasteiger partial charge in [0.15, 0.2) is 0 Å². The normalized spacial score (nSPS) is 12.2. The quantitative estimate of drug-likeness (QED) is 0.923. The van der Waals surface area contributed by atoms with Crippen LogP contribution < -0.4 is 4.74 Å². The van der Waals surface area contributed by atoms with Crippen LogP contribution in [-0.4, -0.2) is 11.7 Å². The van der Waals surface area contributed by atoms with Gasteiger partial charge in [0.1, 0.15) is 23.5 Å². The van der Waals surface area contributed by atoms with Gasteiger partial charge in [0.25, 0.3) is 0 Å². The van der Waals surface area contributed by atoms with Gasteiger partial charge in [0.2, 0.25) is 0 Å². The lowest BCUT2D eigenvalue weighted by atomic mass is 9.98. The van der Waals surface area contributed by atoms with Gasteiger partial charge in [-0.2, -0.15) is 0 Å². The number of hydrogen-bond donors (Lipinski definition) is 1. The standard InChI is InChI=1S/C16H16F2O2/c1-3-20-12-7-5-11(6-8-12)16(19)14-13(17)9-4-10(2)15(14)18/h4-9,16,19H,3H2,1-2H3. The fourth-order valence-electron chi connectivity index (χ4n) is 2.01. The molecule has 0 saturated heterocycles. The molecule has 0 bridgehead atoms. The summed E-state index contributed by atoms with van der Waals surface area (Å²) >= 11 is 0. The third-order valence-electron chi connectivity index (χ3n) is 3.10. The monoisotopic (exact) mass is 278 g/mol. The lowest BCUT2D eigenvalue weighted by molar-refractivity contribution is 0.208. The first-order chi connectivity index (χ1) is 9.54. The molecule has 0 spiro atoms. The van der Waals surface area contributed by atoms with E-state index < -0.39 is 17.7 Å². The van der Waals surface area contributed by atoms with Crippen molar-refractivity contribution in [3.63, 3.8) is 0 Å². The number of aliphatic hydroxyl groups is 1. The average Bonchev–Trinajstić information content (AvgIpc) is 2.44. The highest BCUT2D eigenvalue weighted by Crippen LogP contribution is 2.29. The molecule has 0 radical (unpaired) electrons. The van der Waals surface area contributed by atoms with Crippen LogP contribution in [0.2, 0.25) is 0 Å². The zero-order valence-corrected chi connectivity index (χ0v) is 11.4. The summed E-state index contributed by atoms with van der Waals surface area (Å²) in [6.07, 6.45) is -1.34. The molecule has 4 heteroatoms. The van der Waals surface area contributed by atoms with Crippen molar-refractivity contribution < 1.29 is 18.6 Å². The van der Waals surface area contributed by atoms with E-state index in [-0.39, 0.29) is 5.56 Å². The first kappa shape index (κ1) is 14.5. The van der Waals surface area contributed by atoms with E-state index in [4.69, 9.17) is 4.74 Å². The molecule has 0 amide bonds. The number of aliphatic hydroxyl groups excluding tert-OH is 1. The second-order valence-electron chi connectivity index (χ2n) is 4.50. The average molecular weight is 278 g/mol. The molecular weight excluding hydrogens is 262 g/mol. The molecule has 0 aliphatic rings. The second kappa shape index (κ2) is 6.01. The molecule has 2 aromatic rings. The van der Waals surface area contributed by atoms with Crippen molar-refractivity contribution in [1.82, 2.24) is 0 Å². The zero-order valence-electron chi connectivity index (χ0n) is 11.4. The number of benzene rings is 2. The van der Waals surface area contributed by atoms with Crippen molar-refractivity contribution in [2.24, 2.45) is 0 Å². The zero-order chi connectivity index (χ0) is 14.7. The largest absolute Gasteiger partial charge is 0.494 e. The van der Waals surface area contributed by atoms with Gasteiger partial charge in [-0.1, -0.05) is 18.2 Å². The molecule has 0 saturated carbocycles. The van der Waals surface area contributed by atoms with E-state index in [0.29, 0.717) is 23.5 Å². The lowest BCUT2D eigenvalue weighted by Crippen LogP contribution is -2.07. The van der Waals surface area contributed by atoms with Gasteiger partial charge in [-0.3, -0.25) is 0 Å². The highest BCUT2D eigenvalue weighted by molar-refractivity contribution is 5.37. The minimum Gasteiger partial charge on any atom is -0.494 e. The van der Waals surface area contributed by atoms with Crippen LogP contribution >= 0.6 is 0 Å². The molecule has 2 rings (SSSR count). The van der Waals surface area contributed by atoms with Crippen LogP contribution in [0.4, 0.5) is 8.78 Å². The third-order valence-corrected chi connectivity index (χ3v) is 3.10. The predicted molar refractivity (Wildman–Crippen MR) is 72.8 cm³/mol. The Labute approximate surface area is 116 Å². The maximum absolute atomic E-state index is 14.0. The molecule has 0 fully saturated rings. The molecule has 0 aliphatic heterocycles. The third kappa shape index (κ3) is 2.80. The molecule has 0 heterocycles. The molecule has 2 aromatic carbocycles. The Morgan fingerprint density at radius 1 is 1.10 bits per heavy atom.